The van der Waals surface area contributed by atoms with E-state index in [0.717, 1.165) is 30.6 Å². The SMILES string of the molecule is O=C(CC1CCS(=O)(=O)C1)NCc1nn(-c2ccccc2)c2c1CCC2. The van der Waals surface area contributed by atoms with Crippen LogP contribution in [-0.2, 0) is 34.0 Å². The molecule has 1 atom stereocenters. The summed E-state index contributed by atoms with van der Waals surface area (Å²) < 4.78 is 25.0. The molecule has 1 fully saturated rings. The van der Waals surface area contributed by atoms with Gasteiger partial charge < -0.3 is 5.32 Å². The Morgan fingerprint density at radius 2 is 2.04 bits per heavy atom. The minimum absolute atomic E-state index is 0.0485. The fourth-order valence-corrected chi connectivity index (χ4v) is 5.85. The smallest absolute Gasteiger partial charge is 0.220 e. The Hall–Kier alpha value is -2.15. The summed E-state index contributed by atoms with van der Waals surface area (Å²) in [4.78, 5) is 12.2. The Labute approximate surface area is 153 Å². The van der Waals surface area contributed by atoms with Crippen LogP contribution in [0, 0.1) is 5.92 Å². The molecule has 1 unspecified atom stereocenters. The third-order valence-corrected chi connectivity index (χ3v) is 7.10. The number of hydrogen-bond donors (Lipinski definition) is 1. The third-order valence-electron chi connectivity index (χ3n) is 5.27. The lowest BCUT2D eigenvalue weighted by Gasteiger charge is -2.08. The maximum Gasteiger partial charge on any atom is 0.220 e. The highest BCUT2D eigenvalue weighted by atomic mass is 32.2. The maximum atomic E-state index is 12.2. The van der Waals surface area contributed by atoms with E-state index in [4.69, 9.17) is 5.10 Å². The molecule has 2 aliphatic rings. The fourth-order valence-electron chi connectivity index (χ4n) is 3.99. The topological polar surface area (TPSA) is 81.1 Å². The molecule has 0 spiro atoms. The second kappa shape index (κ2) is 6.87. The second-order valence-electron chi connectivity index (χ2n) is 7.22. The van der Waals surface area contributed by atoms with E-state index in [1.165, 1.54) is 11.3 Å². The van der Waals surface area contributed by atoms with Gasteiger partial charge in [0.2, 0.25) is 5.91 Å². The molecule has 1 N–H and O–H groups in total. The van der Waals surface area contributed by atoms with Crippen molar-refractivity contribution in [1.82, 2.24) is 15.1 Å². The van der Waals surface area contributed by atoms with Gasteiger partial charge in [0.15, 0.2) is 9.84 Å². The Bertz CT molecular complexity index is 919. The number of sulfone groups is 1. The third kappa shape index (κ3) is 3.53. The van der Waals surface area contributed by atoms with Crippen LogP contribution in [0.5, 0.6) is 0 Å². The molecular formula is C19H23N3O3S. The molecule has 1 amide bonds. The number of para-hydroxylation sites is 1. The highest BCUT2D eigenvalue weighted by Crippen LogP contribution is 2.28. The minimum atomic E-state index is -2.94. The van der Waals surface area contributed by atoms with Crippen LogP contribution >= 0.6 is 0 Å². The quantitative estimate of drug-likeness (QED) is 0.867. The van der Waals surface area contributed by atoms with Gasteiger partial charge in [-0.2, -0.15) is 5.10 Å². The van der Waals surface area contributed by atoms with Crippen LogP contribution < -0.4 is 5.32 Å². The van der Waals surface area contributed by atoms with Gasteiger partial charge in [-0.05, 0) is 49.3 Å². The number of hydrogen-bond acceptors (Lipinski definition) is 4. The molecule has 1 aliphatic carbocycles. The summed E-state index contributed by atoms with van der Waals surface area (Å²) in [5.74, 6) is 0.207. The van der Waals surface area contributed by atoms with Crippen LogP contribution in [0.1, 0.15) is 36.2 Å². The number of carbonyl (C=O) groups excluding carboxylic acids is 1. The van der Waals surface area contributed by atoms with Gasteiger partial charge in [0.05, 0.1) is 29.4 Å². The number of rotatable bonds is 5. The van der Waals surface area contributed by atoms with Crippen LogP contribution in [0.4, 0.5) is 0 Å². The van der Waals surface area contributed by atoms with Gasteiger partial charge in [-0.15, -0.1) is 0 Å². The van der Waals surface area contributed by atoms with E-state index in [1.807, 2.05) is 35.0 Å². The molecule has 1 saturated heterocycles. The van der Waals surface area contributed by atoms with Crippen molar-refractivity contribution in [2.24, 2.45) is 5.92 Å². The molecule has 4 rings (SSSR count). The van der Waals surface area contributed by atoms with Gasteiger partial charge in [-0.25, -0.2) is 13.1 Å². The highest BCUT2D eigenvalue weighted by Gasteiger charge is 2.29. The van der Waals surface area contributed by atoms with Crippen molar-refractivity contribution in [3.8, 4) is 5.69 Å². The van der Waals surface area contributed by atoms with Gasteiger partial charge in [0, 0.05) is 12.1 Å². The first kappa shape index (κ1) is 17.3. The molecular weight excluding hydrogens is 350 g/mol. The van der Waals surface area contributed by atoms with Gasteiger partial charge in [-0.1, -0.05) is 18.2 Å². The zero-order valence-corrected chi connectivity index (χ0v) is 15.5. The monoisotopic (exact) mass is 373 g/mol. The zero-order valence-electron chi connectivity index (χ0n) is 14.6. The molecule has 138 valence electrons. The molecule has 2 heterocycles. The van der Waals surface area contributed by atoms with Crippen LogP contribution in [0.2, 0.25) is 0 Å². The Kier molecular flexibility index (Phi) is 4.56. The van der Waals surface area contributed by atoms with E-state index >= 15 is 0 Å². The van der Waals surface area contributed by atoms with Crippen molar-refractivity contribution < 1.29 is 13.2 Å². The first-order valence-corrected chi connectivity index (χ1v) is 11.0. The average molecular weight is 373 g/mol. The highest BCUT2D eigenvalue weighted by molar-refractivity contribution is 7.91. The number of carbonyl (C=O) groups is 1. The molecule has 1 aromatic carbocycles. The maximum absolute atomic E-state index is 12.2. The molecule has 1 aliphatic heterocycles. The lowest BCUT2D eigenvalue weighted by molar-refractivity contribution is -0.122. The summed E-state index contributed by atoms with van der Waals surface area (Å²) in [6.07, 6.45) is 3.98. The van der Waals surface area contributed by atoms with Crippen molar-refractivity contribution in [2.75, 3.05) is 11.5 Å². The Morgan fingerprint density at radius 1 is 1.23 bits per heavy atom. The molecule has 0 bridgehead atoms. The van der Waals surface area contributed by atoms with Crippen LogP contribution in [0.15, 0.2) is 30.3 Å². The lowest BCUT2D eigenvalue weighted by atomic mass is 10.1. The molecule has 1 aromatic heterocycles. The van der Waals surface area contributed by atoms with E-state index in [0.29, 0.717) is 13.0 Å². The number of nitrogens with one attached hydrogen (secondary N) is 1. The lowest BCUT2D eigenvalue weighted by Crippen LogP contribution is -2.26. The molecule has 7 heteroatoms. The van der Waals surface area contributed by atoms with Crippen molar-refractivity contribution in [1.29, 1.82) is 0 Å². The number of benzene rings is 1. The molecule has 0 radical (unpaired) electrons. The molecule has 6 nitrogen and oxygen atoms in total. The van der Waals surface area contributed by atoms with E-state index < -0.39 is 9.84 Å². The van der Waals surface area contributed by atoms with E-state index in [9.17, 15) is 13.2 Å². The normalized spacial score (nSPS) is 20.8. The number of aromatic nitrogens is 2. The summed E-state index contributed by atoms with van der Waals surface area (Å²) in [6, 6.07) is 10.0. The minimum Gasteiger partial charge on any atom is -0.350 e. The number of nitrogens with zero attached hydrogens (tertiary/aromatic N) is 2. The van der Waals surface area contributed by atoms with Gasteiger partial charge in [0.1, 0.15) is 0 Å². The van der Waals surface area contributed by atoms with Crippen molar-refractivity contribution in [3.05, 3.63) is 47.3 Å². The number of amides is 1. The fraction of sp³-hybridized carbons (Fsp3) is 0.474. The van der Waals surface area contributed by atoms with Gasteiger partial charge in [0.25, 0.3) is 0 Å². The first-order chi connectivity index (χ1) is 12.5. The van der Waals surface area contributed by atoms with Crippen LogP contribution in [0.3, 0.4) is 0 Å². The van der Waals surface area contributed by atoms with Crippen LogP contribution in [-0.4, -0.2) is 35.6 Å². The van der Waals surface area contributed by atoms with Crippen molar-refractivity contribution >= 4 is 15.7 Å². The number of fused-ring (bicyclic) bond motifs is 1. The molecule has 26 heavy (non-hydrogen) atoms. The summed E-state index contributed by atoms with van der Waals surface area (Å²) in [5, 5.41) is 7.67. The second-order valence-corrected chi connectivity index (χ2v) is 9.45. The zero-order chi connectivity index (χ0) is 18.1. The first-order valence-electron chi connectivity index (χ1n) is 9.14. The average Bonchev–Trinajstić information content (AvgIpc) is 3.29. The van der Waals surface area contributed by atoms with Crippen LogP contribution in [0.25, 0.3) is 5.69 Å². The van der Waals surface area contributed by atoms with Gasteiger partial charge in [-0.3, -0.25) is 4.79 Å². The summed E-state index contributed by atoms with van der Waals surface area (Å²) in [5.41, 5.74) is 4.45. The summed E-state index contributed by atoms with van der Waals surface area (Å²) in [6.45, 7) is 0.403. The van der Waals surface area contributed by atoms with Gasteiger partial charge >= 0.3 is 0 Å². The Morgan fingerprint density at radius 3 is 2.77 bits per heavy atom. The van der Waals surface area contributed by atoms with Crippen molar-refractivity contribution in [2.45, 2.75) is 38.6 Å². The largest absolute Gasteiger partial charge is 0.350 e. The van der Waals surface area contributed by atoms with E-state index in [2.05, 4.69) is 5.32 Å². The Balaban J connectivity index is 1.43. The predicted molar refractivity (Wildman–Crippen MR) is 98.8 cm³/mol. The van der Waals surface area contributed by atoms with Crippen molar-refractivity contribution in [3.63, 3.8) is 0 Å². The summed E-state index contributed by atoms with van der Waals surface area (Å²) in [7, 11) is -2.94. The standard InChI is InChI=1S/C19H23N3O3S/c23-19(11-14-9-10-26(24,25)13-14)20-12-17-16-7-4-8-18(16)22(21-17)15-5-2-1-3-6-15/h1-3,5-6,14H,4,7-13H2,(H,20,23). The molecule has 2 aromatic rings. The predicted octanol–water partition coefficient (Wildman–Crippen LogP) is 1.80. The van der Waals surface area contributed by atoms with E-state index in [-0.39, 0.29) is 29.8 Å². The van der Waals surface area contributed by atoms with E-state index in [1.54, 1.807) is 0 Å². The molecule has 0 saturated carbocycles. The summed E-state index contributed by atoms with van der Waals surface area (Å²) >= 11 is 0.